The molecule has 1 rings (SSSR count). The van der Waals surface area contributed by atoms with Gasteiger partial charge in [-0.25, -0.2) is 0 Å². The Morgan fingerprint density at radius 3 is 2.10 bits per heavy atom. The molecule has 0 aliphatic heterocycles. The van der Waals surface area contributed by atoms with Crippen LogP contribution < -0.4 is 0 Å². The van der Waals surface area contributed by atoms with E-state index in [1.807, 2.05) is 6.26 Å². The summed E-state index contributed by atoms with van der Waals surface area (Å²) in [4.78, 5) is 0. The second kappa shape index (κ2) is 3.26. The molecule has 0 aromatic rings. The fourth-order valence-corrected chi connectivity index (χ4v) is 4.02. The van der Waals surface area contributed by atoms with Crippen molar-refractivity contribution >= 4 is 22.6 Å². The van der Waals surface area contributed by atoms with Crippen LogP contribution in [0.2, 0.25) is 0 Å². The van der Waals surface area contributed by atoms with E-state index in [-0.39, 0.29) is 4.08 Å². The zero-order valence-electron chi connectivity index (χ0n) is 6.55. The Labute approximate surface area is 69.4 Å². The lowest BCUT2D eigenvalue weighted by molar-refractivity contribution is 0.665. The van der Waals surface area contributed by atoms with Gasteiger partial charge in [0.1, 0.15) is 0 Å². The Hall–Kier alpha value is 0.500. The second-order valence-corrected chi connectivity index (χ2v) is 5.91. The van der Waals surface area contributed by atoms with Crippen molar-refractivity contribution in [3.05, 3.63) is 0 Å². The summed E-state index contributed by atoms with van der Waals surface area (Å²) in [5, 5.41) is 0. The van der Waals surface area contributed by atoms with Crippen molar-refractivity contribution in [3.63, 3.8) is 0 Å². The molecule has 1 fully saturated rings. The molecule has 0 amide bonds. The average Bonchev–Trinajstić information content (AvgIpc) is 2.35. The lowest BCUT2D eigenvalue weighted by atomic mass is 10.4. The molecule has 1 aliphatic carbocycles. The van der Waals surface area contributed by atoms with Gasteiger partial charge in [0.25, 0.3) is 0 Å². The number of hydrogen-bond donors (Lipinski definition) is 0. The van der Waals surface area contributed by atoms with Gasteiger partial charge in [0, 0.05) is 17.1 Å². The van der Waals surface area contributed by atoms with Gasteiger partial charge in [0.2, 0.25) is 0 Å². The van der Waals surface area contributed by atoms with E-state index in [0.29, 0.717) is 0 Å². The van der Waals surface area contributed by atoms with Gasteiger partial charge in [-0.05, 0) is 19.1 Å². The summed E-state index contributed by atoms with van der Waals surface area (Å²) in [5.41, 5.74) is 0. The predicted octanol–water partition coefficient (Wildman–Crippen LogP) is 2.00. The zero-order chi connectivity index (χ0) is 7.61. The van der Waals surface area contributed by atoms with Crippen LogP contribution in [-0.2, 0) is 10.8 Å². The highest BCUT2D eigenvalue weighted by Gasteiger charge is 2.36. The van der Waals surface area contributed by atoms with E-state index in [9.17, 15) is 4.21 Å². The van der Waals surface area contributed by atoms with Crippen molar-refractivity contribution < 1.29 is 4.21 Å². The fourth-order valence-electron chi connectivity index (χ4n) is 1.52. The van der Waals surface area contributed by atoms with Crippen molar-refractivity contribution in [2.45, 2.75) is 29.8 Å². The molecule has 3 heteroatoms. The number of rotatable bonds is 2. The van der Waals surface area contributed by atoms with Crippen LogP contribution in [0.1, 0.15) is 25.7 Å². The smallest absolute Gasteiger partial charge is 0.0903 e. The Kier molecular flexibility index (Phi) is 2.81. The molecule has 0 bridgehead atoms. The minimum atomic E-state index is -0.637. The SMILES string of the molecule is CSC1(S(C)=O)CCCC1. The molecule has 60 valence electrons. The van der Waals surface area contributed by atoms with Gasteiger partial charge < -0.3 is 0 Å². The van der Waals surface area contributed by atoms with Crippen molar-refractivity contribution in [1.82, 2.24) is 0 Å². The molecule has 0 saturated heterocycles. The molecular weight excluding hydrogens is 164 g/mol. The van der Waals surface area contributed by atoms with E-state index in [1.54, 1.807) is 11.8 Å². The van der Waals surface area contributed by atoms with Crippen LogP contribution in [-0.4, -0.2) is 20.8 Å². The molecule has 1 saturated carbocycles. The van der Waals surface area contributed by atoms with E-state index >= 15 is 0 Å². The van der Waals surface area contributed by atoms with E-state index in [0.717, 1.165) is 12.8 Å². The molecule has 1 nitrogen and oxygen atoms in total. The lowest BCUT2D eigenvalue weighted by Crippen LogP contribution is -2.24. The van der Waals surface area contributed by atoms with E-state index in [4.69, 9.17) is 0 Å². The molecule has 10 heavy (non-hydrogen) atoms. The maximum absolute atomic E-state index is 11.3. The Morgan fingerprint density at radius 1 is 1.40 bits per heavy atom. The number of thioether (sulfide) groups is 1. The monoisotopic (exact) mass is 178 g/mol. The van der Waals surface area contributed by atoms with Crippen molar-refractivity contribution in [1.29, 1.82) is 0 Å². The van der Waals surface area contributed by atoms with Crippen LogP contribution in [0.15, 0.2) is 0 Å². The molecular formula is C7H14OS2. The minimum absolute atomic E-state index is 0.125. The predicted molar refractivity (Wildman–Crippen MR) is 48.8 cm³/mol. The molecule has 1 aliphatic rings. The molecule has 0 aromatic carbocycles. The first-order chi connectivity index (χ1) is 4.71. The van der Waals surface area contributed by atoms with Crippen LogP contribution in [0.5, 0.6) is 0 Å². The first kappa shape index (κ1) is 8.60. The van der Waals surface area contributed by atoms with E-state index in [1.165, 1.54) is 12.8 Å². The van der Waals surface area contributed by atoms with E-state index < -0.39 is 10.8 Å². The maximum atomic E-state index is 11.3. The standard InChI is InChI=1S/C7H14OS2/c1-9-7(10(2)8)5-3-4-6-7/h3-6H2,1-2H3. The van der Waals surface area contributed by atoms with Crippen LogP contribution >= 0.6 is 11.8 Å². The summed E-state index contributed by atoms with van der Waals surface area (Å²) < 4.78 is 11.4. The van der Waals surface area contributed by atoms with Gasteiger partial charge in [-0.3, -0.25) is 4.21 Å². The highest BCUT2D eigenvalue weighted by atomic mass is 32.2. The van der Waals surface area contributed by atoms with Crippen LogP contribution in [0.25, 0.3) is 0 Å². The first-order valence-corrected chi connectivity index (χ1v) is 6.38. The first-order valence-electron chi connectivity index (χ1n) is 3.60. The Morgan fingerprint density at radius 2 is 1.90 bits per heavy atom. The third-order valence-corrected chi connectivity index (χ3v) is 6.07. The molecule has 1 atom stereocenters. The van der Waals surface area contributed by atoms with Gasteiger partial charge in [-0.1, -0.05) is 12.8 Å². The van der Waals surface area contributed by atoms with E-state index in [2.05, 4.69) is 6.26 Å². The minimum Gasteiger partial charge on any atom is -0.258 e. The molecule has 0 aromatic heterocycles. The summed E-state index contributed by atoms with van der Waals surface area (Å²) >= 11 is 1.79. The number of hydrogen-bond acceptors (Lipinski definition) is 2. The molecule has 0 N–H and O–H groups in total. The molecule has 0 spiro atoms. The van der Waals surface area contributed by atoms with Gasteiger partial charge >= 0.3 is 0 Å². The Balaban J connectivity index is 2.67. The average molecular weight is 178 g/mol. The van der Waals surface area contributed by atoms with Crippen LogP contribution in [0.4, 0.5) is 0 Å². The van der Waals surface area contributed by atoms with Gasteiger partial charge in [0.15, 0.2) is 0 Å². The highest BCUT2D eigenvalue weighted by molar-refractivity contribution is 8.11. The summed E-state index contributed by atoms with van der Waals surface area (Å²) in [5.74, 6) is 0. The lowest BCUT2D eigenvalue weighted by Gasteiger charge is -2.22. The van der Waals surface area contributed by atoms with Gasteiger partial charge in [0.05, 0.1) is 4.08 Å². The van der Waals surface area contributed by atoms with Crippen molar-refractivity contribution in [3.8, 4) is 0 Å². The second-order valence-electron chi connectivity index (χ2n) is 2.78. The zero-order valence-corrected chi connectivity index (χ0v) is 8.19. The quantitative estimate of drug-likeness (QED) is 0.643. The third-order valence-electron chi connectivity index (χ3n) is 2.26. The van der Waals surface area contributed by atoms with Crippen molar-refractivity contribution in [2.75, 3.05) is 12.5 Å². The maximum Gasteiger partial charge on any atom is 0.0903 e. The largest absolute Gasteiger partial charge is 0.258 e. The van der Waals surface area contributed by atoms with Crippen LogP contribution in [0.3, 0.4) is 0 Å². The van der Waals surface area contributed by atoms with Gasteiger partial charge in [-0.2, -0.15) is 0 Å². The molecule has 0 radical (unpaired) electrons. The third kappa shape index (κ3) is 1.40. The summed E-state index contributed by atoms with van der Waals surface area (Å²) in [7, 11) is -0.637. The molecule has 0 heterocycles. The fraction of sp³-hybridized carbons (Fsp3) is 1.00. The van der Waals surface area contributed by atoms with Crippen molar-refractivity contribution in [2.24, 2.45) is 0 Å². The Bertz CT molecular complexity index is 139. The summed E-state index contributed by atoms with van der Waals surface area (Å²) in [6, 6.07) is 0. The van der Waals surface area contributed by atoms with Gasteiger partial charge in [-0.15, -0.1) is 11.8 Å². The van der Waals surface area contributed by atoms with Crippen LogP contribution in [0, 0.1) is 0 Å². The summed E-state index contributed by atoms with van der Waals surface area (Å²) in [6.45, 7) is 0. The summed E-state index contributed by atoms with van der Waals surface area (Å²) in [6.07, 6.45) is 8.74. The topological polar surface area (TPSA) is 17.1 Å². The molecule has 1 unspecified atom stereocenters. The normalized spacial score (nSPS) is 26.6. The highest BCUT2D eigenvalue weighted by Crippen LogP contribution is 2.42.